The molecular weight excluding hydrogens is 132 g/mol. The van der Waals surface area contributed by atoms with Crippen LogP contribution in [-0.4, -0.2) is 37.4 Å². The summed E-state index contributed by atoms with van der Waals surface area (Å²) in [5.41, 5.74) is 0. The van der Waals surface area contributed by atoms with E-state index in [4.69, 9.17) is 0 Å². The van der Waals surface area contributed by atoms with Crippen molar-refractivity contribution in [1.82, 2.24) is 10.2 Å². The number of hydrogen-bond acceptors (Lipinski definition) is 2. The zero-order valence-corrected chi connectivity index (χ0v) is 6.47. The highest BCUT2D eigenvalue weighted by molar-refractivity contribution is 5.83. The Balaban J connectivity index is 3.50. The molecule has 0 radical (unpaired) electrons. The van der Waals surface area contributed by atoms with Crippen molar-refractivity contribution in [2.75, 3.05) is 20.6 Å². The van der Waals surface area contributed by atoms with E-state index in [0.717, 1.165) is 0 Å². The minimum atomic E-state index is -0.241. The summed E-state index contributed by atoms with van der Waals surface area (Å²) in [5.74, 6) is -0.0461. The SMILES string of the molecule is CC(=O)CNC(=O)N(C)C. The van der Waals surface area contributed by atoms with E-state index < -0.39 is 0 Å². The molecule has 58 valence electrons. The van der Waals surface area contributed by atoms with Crippen LogP contribution in [0.2, 0.25) is 0 Å². The molecule has 0 aliphatic carbocycles. The summed E-state index contributed by atoms with van der Waals surface area (Å²) in [7, 11) is 3.24. The van der Waals surface area contributed by atoms with Gasteiger partial charge in [0.2, 0.25) is 0 Å². The third-order valence-corrected chi connectivity index (χ3v) is 0.895. The number of ketones is 1. The number of hydrogen-bond donors (Lipinski definition) is 1. The molecule has 1 N–H and O–H groups in total. The molecule has 0 unspecified atom stereocenters. The van der Waals surface area contributed by atoms with Gasteiger partial charge in [-0.15, -0.1) is 0 Å². The van der Waals surface area contributed by atoms with Crippen molar-refractivity contribution in [2.24, 2.45) is 0 Å². The van der Waals surface area contributed by atoms with Crippen LogP contribution >= 0.6 is 0 Å². The van der Waals surface area contributed by atoms with Crippen LogP contribution in [0.1, 0.15) is 6.92 Å². The molecule has 0 aliphatic rings. The van der Waals surface area contributed by atoms with Crippen LogP contribution < -0.4 is 5.32 Å². The molecule has 0 aromatic heterocycles. The lowest BCUT2D eigenvalue weighted by Gasteiger charge is -2.09. The highest BCUT2D eigenvalue weighted by Gasteiger charge is 2.01. The van der Waals surface area contributed by atoms with Crippen molar-refractivity contribution in [1.29, 1.82) is 0 Å². The molecule has 4 nitrogen and oxygen atoms in total. The second-order valence-electron chi connectivity index (χ2n) is 2.26. The standard InChI is InChI=1S/C6H12N2O2/c1-5(9)4-7-6(10)8(2)3/h4H2,1-3H3,(H,7,10). The van der Waals surface area contributed by atoms with Gasteiger partial charge in [-0.25, -0.2) is 4.79 Å². The van der Waals surface area contributed by atoms with E-state index in [0.29, 0.717) is 0 Å². The van der Waals surface area contributed by atoms with Gasteiger partial charge in [-0.3, -0.25) is 4.79 Å². The van der Waals surface area contributed by atoms with E-state index in [9.17, 15) is 9.59 Å². The first-order valence-electron chi connectivity index (χ1n) is 2.98. The van der Waals surface area contributed by atoms with Gasteiger partial charge in [0.1, 0.15) is 5.78 Å². The molecule has 0 bridgehead atoms. The summed E-state index contributed by atoms with van der Waals surface area (Å²) in [4.78, 5) is 22.4. The fourth-order valence-electron chi connectivity index (χ4n) is 0.358. The molecule has 0 saturated heterocycles. The third kappa shape index (κ3) is 3.88. The summed E-state index contributed by atoms with van der Waals surface area (Å²) in [6, 6.07) is -0.241. The van der Waals surface area contributed by atoms with Gasteiger partial charge in [0.05, 0.1) is 6.54 Å². The summed E-state index contributed by atoms with van der Waals surface area (Å²) in [6.07, 6.45) is 0. The number of urea groups is 1. The van der Waals surface area contributed by atoms with Gasteiger partial charge in [0.25, 0.3) is 0 Å². The molecule has 0 rings (SSSR count). The number of carbonyl (C=O) groups excluding carboxylic acids is 2. The molecule has 0 aromatic rings. The van der Waals surface area contributed by atoms with Gasteiger partial charge in [0.15, 0.2) is 0 Å². The van der Waals surface area contributed by atoms with E-state index >= 15 is 0 Å². The van der Waals surface area contributed by atoms with Crippen molar-refractivity contribution in [2.45, 2.75) is 6.92 Å². The van der Waals surface area contributed by atoms with Gasteiger partial charge in [-0.2, -0.15) is 0 Å². The van der Waals surface area contributed by atoms with E-state index in [1.165, 1.54) is 11.8 Å². The summed E-state index contributed by atoms with van der Waals surface area (Å²) in [6.45, 7) is 1.53. The number of Topliss-reactive ketones (excluding diaryl/α,β-unsaturated/α-hetero) is 1. The molecule has 0 fully saturated rings. The number of nitrogens with zero attached hydrogens (tertiary/aromatic N) is 1. The average Bonchev–Trinajstić information content (AvgIpc) is 1.82. The average molecular weight is 144 g/mol. The predicted molar refractivity (Wildman–Crippen MR) is 37.8 cm³/mol. The van der Waals surface area contributed by atoms with Crippen LogP contribution in [0.5, 0.6) is 0 Å². The van der Waals surface area contributed by atoms with Crippen LogP contribution in [-0.2, 0) is 4.79 Å². The largest absolute Gasteiger partial charge is 0.331 e. The smallest absolute Gasteiger partial charge is 0.317 e. The molecule has 0 spiro atoms. The Morgan fingerprint density at radius 1 is 1.40 bits per heavy atom. The Kier molecular flexibility index (Phi) is 3.46. The molecule has 0 atom stereocenters. The van der Waals surface area contributed by atoms with Crippen molar-refractivity contribution >= 4 is 11.8 Å². The zero-order chi connectivity index (χ0) is 8.15. The minimum absolute atomic E-state index is 0.0461. The van der Waals surface area contributed by atoms with Crippen molar-refractivity contribution in [3.05, 3.63) is 0 Å². The number of amides is 2. The molecule has 0 saturated carbocycles. The second-order valence-corrected chi connectivity index (χ2v) is 2.26. The fraction of sp³-hybridized carbons (Fsp3) is 0.667. The lowest BCUT2D eigenvalue weighted by Crippen LogP contribution is -2.36. The molecule has 4 heteroatoms. The lowest BCUT2D eigenvalue weighted by molar-refractivity contribution is -0.116. The van der Waals surface area contributed by atoms with Crippen molar-refractivity contribution in [3.8, 4) is 0 Å². The van der Waals surface area contributed by atoms with Gasteiger partial charge < -0.3 is 10.2 Å². The Labute approximate surface area is 60.2 Å². The topological polar surface area (TPSA) is 49.4 Å². The van der Waals surface area contributed by atoms with Gasteiger partial charge in [0, 0.05) is 14.1 Å². The maximum Gasteiger partial charge on any atom is 0.317 e. The maximum atomic E-state index is 10.7. The predicted octanol–water partition coefficient (Wildman–Crippen LogP) is -0.153. The molecule has 2 amide bonds. The molecule has 0 aliphatic heterocycles. The van der Waals surface area contributed by atoms with Gasteiger partial charge in [-0.1, -0.05) is 0 Å². The molecule has 0 heterocycles. The molecular formula is C6H12N2O2. The monoisotopic (exact) mass is 144 g/mol. The quantitative estimate of drug-likeness (QED) is 0.585. The molecule has 10 heavy (non-hydrogen) atoms. The Hall–Kier alpha value is -1.06. The lowest BCUT2D eigenvalue weighted by atomic mass is 10.4. The fourth-order valence-corrected chi connectivity index (χ4v) is 0.358. The van der Waals surface area contributed by atoms with Crippen molar-refractivity contribution in [3.63, 3.8) is 0 Å². The Morgan fingerprint density at radius 2 is 1.90 bits per heavy atom. The highest BCUT2D eigenvalue weighted by atomic mass is 16.2. The summed E-state index contributed by atoms with van der Waals surface area (Å²) < 4.78 is 0. The first kappa shape index (κ1) is 8.94. The maximum absolute atomic E-state index is 10.7. The van der Waals surface area contributed by atoms with Gasteiger partial charge >= 0.3 is 6.03 Å². The first-order valence-corrected chi connectivity index (χ1v) is 2.98. The van der Waals surface area contributed by atoms with E-state index in [2.05, 4.69) is 5.32 Å². The number of carbonyl (C=O) groups is 2. The van der Waals surface area contributed by atoms with Crippen molar-refractivity contribution < 1.29 is 9.59 Å². The first-order chi connectivity index (χ1) is 4.54. The van der Waals surface area contributed by atoms with Crippen LogP contribution in [0.15, 0.2) is 0 Å². The number of rotatable bonds is 2. The van der Waals surface area contributed by atoms with Gasteiger partial charge in [-0.05, 0) is 6.92 Å². The van der Waals surface area contributed by atoms with Crippen LogP contribution in [0.4, 0.5) is 4.79 Å². The van der Waals surface area contributed by atoms with E-state index in [1.54, 1.807) is 14.1 Å². The third-order valence-electron chi connectivity index (χ3n) is 0.895. The summed E-state index contributed by atoms with van der Waals surface area (Å²) >= 11 is 0. The van der Waals surface area contributed by atoms with Crippen LogP contribution in [0.3, 0.4) is 0 Å². The second kappa shape index (κ2) is 3.87. The number of nitrogens with one attached hydrogen (secondary N) is 1. The Bertz CT molecular complexity index is 143. The van der Waals surface area contributed by atoms with E-state index in [1.807, 2.05) is 0 Å². The highest BCUT2D eigenvalue weighted by Crippen LogP contribution is 1.75. The minimum Gasteiger partial charge on any atom is -0.331 e. The Morgan fingerprint density at radius 3 is 2.20 bits per heavy atom. The van der Waals surface area contributed by atoms with Crippen LogP contribution in [0.25, 0.3) is 0 Å². The summed E-state index contributed by atoms with van der Waals surface area (Å²) in [5, 5.41) is 2.42. The van der Waals surface area contributed by atoms with E-state index in [-0.39, 0.29) is 18.4 Å². The van der Waals surface area contributed by atoms with Crippen LogP contribution in [0, 0.1) is 0 Å². The zero-order valence-electron chi connectivity index (χ0n) is 6.47. The molecule has 0 aromatic carbocycles. The normalized spacial score (nSPS) is 8.70.